The van der Waals surface area contributed by atoms with E-state index in [0.717, 1.165) is 45.6 Å². The van der Waals surface area contributed by atoms with Gasteiger partial charge < -0.3 is 4.90 Å². The third-order valence-corrected chi connectivity index (χ3v) is 8.43. The first kappa shape index (κ1) is 21.9. The molecule has 2 heterocycles. The van der Waals surface area contributed by atoms with Gasteiger partial charge in [-0.3, -0.25) is 4.79 Å². The number of hydrogen-bond acceptors (Lipinski definition) is 5. The first-order valence-electron chi connectivity index (χ1n) is 10.6. The number of sulfonamides is 1. The number of rotatable bonds is 6. The van der Waals surface area contributed by atoms with Gasteiger partial charge in [0.25, 0.3) is 0 Å². The highest BCUT2D eigenvalue weighted by atomic mass is 32.2. The number of hydrogen-bond donors (Lipinski definition) is 1. The van der Waals surface area contributed by atoms with Gasteiger partial charge in [-0.05, 0) is 68.5 Å². The summed E-state index contributed by atoms with van der Waals surface area (Å²) in [7, 11) is -3.64. The van der Waals surface area contributed by atoms with Gasteiger partial charge in [0.2, 0.25) is 15.9 Å². The van der Waals surface area contributed by atoms with Gasteiger partial charge in [-0.25, -0.2) is 18.1 Å². The minimum atomic E-state index is -3.64. The first-order chi connectivity index (χ1) is 14.8. The molecule has 0 aliphatic carbocycles. The molecule has 1 unspecified atom stereocenters. The molecular weight excluding hydrogens is 430 g/mol. The minimum Gasteiger partial charge on any atom is -0.333 e. The molecular formula is C23H27N3O3S2. The van der Waals surface area contributed by atoms with Gasteiger partial charge in [-0.15, -0.1) is 11.3 Å². The van der Waals surface area contributed by atoms with Gasteiger partial charge in [-0.1, -0.05) is 18.2 Å². The van der Waals surface area contributed by atoms with Gasteiger partial charge in [0.05, 0.1) is 21.2 Å². The Morgan fingerprint density at radius 3 is 2.74 bits per heavy atom. The highest BCUT2D eigenvalue weighted by Gasteiger charge is 2.30. The second-order valence-corrected chi connectivity index (χ2v) is 10.8. The van der Waals surface area contributed by atoms with E-state index in [1.807, 2.05) is 43.0 Å². The molecule has 0 spiro atoms. The second-order valence-electron chi connectivity index (χ2n) is 8.01. The lowest BCUT2D eigenvalue weighted by Crippen LogP contribution is -2.40. The zero-order valence-corrected chi connectivity index (χ0v) is 19.4. The fraction of sp³-hybridized carbons (Fsp3) is 0.391. The summed E-state index contributed by atoms with van der Waals surface area (Å²) in [6.07, 6.45) is 3.04. The van der Waals surface area contributed by atoms with Gasteiger partial charge in [0, 0.05) is 19.5 Å². The Kier molecular flexibility index (Phi) is 6.41. The fourth-order valence-corrected chi connectivity index (χ4v) is 6.15. The first-order valence-corrected chi connectivity index (χ1v) is 12.9. The van der Waals surface area contributed by atoms with Crippen LogP contribution in [0.3, 0.4) is 0 Å². The molecule has 3 aromatic rings. The van der Waals surface area contributed by atoms with Crippen molar-refractivity contribution in [3.05, 3.63) is 58.6 Å². The summed E-state index contributed by atoms with van der Waals surface area (Å²) in [6.45, 7) is 4.59. The molecule has 6 nitrogen and oxygen atoms in total. The maximum atomic E-state index is 13.0. The molecule has 0 saturated carbocycles. The van der Waals surface area contributed by atoms with Crippen LogP contribution in [-0.4, -0.2) is 37.3 Å². The zero-order chi connectivity index (χ0) is 22.0. The molecule has 31 heavy (non-hydrogen) atoms. The lowest BCUT2D eigenvalue weighted by Gasteiger charge is -2.34. The number of benzene rings is 2. The van der Waals surface area contributed by atoms with Crippen LogP contribution >= 0.6 is 11.3 Å². The van der Waals surface area contributed by atoms with Crippen LogP contribution in [0.2, 0.25) is 0 Å². The Labute approximate surface area is 187 Å². The van der Waals surface area contributed by atoms with Crippen molar-refractivity contribution in [1.82, 2.24) is 14.6 Å². The van der Waals surface area contributed by atoms with Crippen molar-refractivity contribution < 1.29 is 13.2 Å². The van der Waals surface area contributed by atoms with Crippen LogP contribution in [0.5, 0.6) is 0 Å². The Balaban J connectivity index is 1.42. The Morgan fingerprint density at radius 2 is 1.97 bits per heavy atom. The van der Waals surface area contributed by atoms with E-state index >= 15 is 0 Å². The van der Waals surface area contributed by atoms with Crippen molar-refractivity contribution in [2.45, 2.75) is 50.5 Å². The van der Waals surface area contributed by atoms with Gasteiger partial charge in [0.1, 0.15) is 5.01 Å². The molecule has 1 fully saturated rings. The van der Waals surface area contributed by atoms with E-state index in [-0.39, 0.29) is 29.8 Å². The SMILES string of the molecule is Cc1ccc(S(=O)(=O)NCCC(=O)N2CCCCC2c2nc3ccccc3s2)cc1C. The van der Waals surface area contributed by atoms with E-state index in [9.17, 15) is 13.2 Å². The van der Waals surface area contributed by atoms with Crippen molar-refractivity contribution in [3.63, 3.8) is 0 Å². The van der Waals surface area contributed by atoms with Crippen LogP contribution in [0.15, 0.2) is 47.4 Å². The molecule has 8 heteroatoms. The summed E-state index contributed by atoms with van der Waals surface area (Å²) < 4.78 is 28.9. The molecule has 1 aliphatic rings. The largest absolute Gasteiger partial charge is 0.333 e. The number of thiazole rings is 1. The summed E-state index contributed by atoms with van der Waals surface area (Å²) in [5, 5.41) is 0.963. The van der Waals surface area contributed by atoms with Crippen molar-refractivity contribution >= 4 is 37.5 Å². The monoisotopic (exact) mass is 457 g/mol. The van der Waals surface area contributed by atoms with Crippen molar-refractivity contribution in [2.75, 3.05) is 13.1 Å². The summed E-state index contributed by atoms with van der Waals surface area (Å²) in [6, 6.07) is 13.0. The quantitative estimate of drug-likeness (QED) is 0.597. The summed E-state index contributed by atoms with van der Waals surface area (Å²) in [5.41, 5.74) is 2.92. The molecule has 1 saturated heterocycles. The smallest absolute Gasteiger partial charge is 0.240 e. The van der Waals surface area contributed by atoms with E-state index in [2.05, 4.69) is 4.72 Å². The molecule has 0 radical (unpaired) electrons. The number of fused-ring (bicyclic) bond motifs is 1. The summed E-state index contributed by atoms with van der Waals surface area (Å²) >= 11 is 1.64. The van der Waals surface area contributed by atoms with E-state index in [4.69, 9.17) is 4.98 Å². The average Bonchev–Trinajstić information content (AvgIpc) is 3.19. The number of nitrogens with one attached hydrogen (secondary N) is 1. The Hall–Kier alpha value is -2.29. The third-order valence-electron chi connectivity index (χ3n) is 5.84. The van der Waals surface area contributed by atoms with E-state index in [1.165, 1.54) is 0 Å². The molecule has 2 aromatic carbocycles. The van der Waals surface area contributed by atoms with Crippen LogP contribution in [0.25, 0.3) is 10.2 Å². The van der Waals surface area contributed by atoms with Crippen LogP contribution in [0.4, 0.5) is 0 Å². The van der Waals surface area contributed by atoms with Crippen LogP contribution in [0, 0.1) is 13.8 Å². The number of likely N-dealkylation sites (tertiary alicyclic amines) is 1. The maximum absolute atomic E-state index is 13.0. The molecule has 164 valence electrons. The molecule has 1 aliphatic heterocycles. The standard InChI is InChI=1S/C23H27N3O3S2/c1-16-10-11-18(15-17(16)2)31(28,29)24-13-12-22(27)26-14-6-5-8-20(26)23-25-19-7-3-4-9-21(19)30-23/h3-4,7,9-11,15,20,24H,5-6,8,12-14H2,1-2H3. The minimum absolute atomic E-state index is 0.0324. The van der Waals surface area contributed by atoms with Crippen molar-refractivity contribution in [1.29, 1.82) is 0 Å². The number of aryl methyl sites for hydroxylation is 2. The van der Waals surface area contributed by atoms with E-state index < -0.39 is 10.0 Å². The Bertz CT molecular complexity index is 1170. The second kappa shape index (κ2) is 9.06. The van der Waals surface area contributed by atoms with E-state index in [0.29, 0.717) is 6.54 Å². The lowest BCUT2D eigenvalue weighted by atomic mass is 10.0. The molecule has 0 bridgehead atoms. The molecule has 1 atom stereocenters. The summed E-state index contributed by atoms with van der Waals surface area (Å²) in [4.78, 5) is 19.9. The Morgan fingerprint density at radius 1 is 1.16 bits per heavy atom. The molecule has 1 amide bonds. The molecule has 1 aromatic heterocycles. The number of carbonyl (C=O) groups is 1. The topological polar surface area (TPSA) is 79.4 Å². The van der Waals surface area contributed by atoms with Crippen LogP contribution in [-0.2, 0) is 14.8 Å². The number of piperidine rings is 1. The number of amides is 1. The van der Waals surface area contributed by atoms with Crippen LogP contribution < -0.4 is 4.72 Å². The highest BCUT2D eigenvalue weighted by molar-refractivity contribution is 7.89. The predicted octanol–water partition coefficient (Wildman–Crippen LogP) is 4.34. The lowest BCUT2D eigenvalue weighted by molar-refractivity contribution is -0.134. The summed E-state index contributed by atoms with van der Waals surface area (Å²) in [5.74, 6) is -0.0354. The van der Waals surface area contributed by atoms with Gasteiger partial charge >= 0.3 is 0 Å². The van der Waals surface area contributed by atoms with Gasteiger partial charge in [-0.2, -0.15) is 0 Å². The van der Waals surface area contributed by atoms with Crippen LogP contribution in [0.1, 0.15) is 47.9 Å². The van der Waals surface area contributed by atoms with E-state index in [1.54, 1.807) is 29.5 Å². The predicted molar refractivity (Wildman–Crippen MR) is 124 cm³/mol. The normalized spacial score (nSPS) is 17.2. The number of para-hydroxylation sites is 1. The third kappa shape index (κ3) is 4.81. The fourth-order valence-electron chi connectivity index (χ4n) is 3.92. The zero-order valence-electron chi connectivity index (χ0n) is 17.8. The molecule has 1 N–H and O–H groups in total. The van der Waals surface area contributed by atoms with Crippen molar-refractivity contribution in [2.24, 2.45) is 0 Å². The number of aromatic nitrogens is 1. The highest BCUT2D eigenvalue weighted by Crippen LogP contribution is 2.35. The number of nitrogens with zero attached hydrogens (tertiary/aromatic N) is 2. The maximum Gasteiger partial charge on any atom is 0.240 e. The number of carbonyl (C=O) groups excluding carboxylic acids is 1. The van der Waals surface area contributed by atoms with Crippen molar-refractivity contribution in [3.8, 4) is 0 Å². The molecule has 4 rings (SSSR count). The van der Waals surface area contributed by atoms with Gasteiger partial charge in [0.15, 0.2) is 0 Å². The average molecular weight is 458 g/mol.